The number of nitrogens with zero attached hydrogens (tertiary/aromatic N) is 3. The molecule has 0 saturated heterocycles. The van der Waals surface area contributed by atoms with Gasteiger partial charge in [-0.15, -0.1) is 0 Å². The zero-order chi connectivity index (χ0) is 20.4. The molecule has 2 N–H and O–H groups in total. The van der Waals surface area contributed by atoms with Crippen molar-refractivity contribution in [1.29, 1.82) is 0 Å². The fraction of sp³-hybridized carbons (Fsp3) is 0.100. The molecule has 0 atom stereocenters. The van der Waals surface area contributed by atoms with Gasteiger partial charge >= 0.3 is 0 Å². The number of hydrogen-bond acceptors (Lipinski definition) is 5. The molecule has 2 heterocycles. The van der Waals surface area contributed by atoms with Crippen LogP contribution in [-0.4, -0.2) is 31.4 Å². The van der Waals surface area contributed by atoms with Crippen molar-refractivity contribution in [3.63, 3.8) is 0 Å². The Morgan fingerprint density at radius 3 is 2.86 bits per heavy atom. The molecule has 0 saturated carbocycles. The van der Waals surface area contributed by atoms with Crippen LogP contribution < -0.4 is 10.9 Å². The minimum absolute atomic E-state index is 0.105. The summed E-state index contributed by atoms with van der Waals surface area (Å²) in [5.41, 5.74) is 2.51. The number of aromatic nitrogens is 4. The van der Waals surface area contributed by atoms with Crippen LogP contribution in [0.25, 0.3) is 16.7 Å². The second-order valence-electron chi connectivity index (χ2n) is 6.30. The fourth-order valence-electron chi connectivity index (χ4n) is 2.80. The number of nitrogens with one attached hydrogen (secondary N) is 2. The second kappa shape index (κ2) is 8.10. The third-order valence-corrected chi connectivity index (χ3v) is 5.34. The minimum atomic E-state index is -0.315. The van der Waals surface area contributed by atoms with E-state index in [1.54, 1.807) is 22.9 Å². The van der Waals surface area contributed by atoms with Gasteiger partial charge in [0.1, 0.15) is 5.39 Å². The number of carbonyl (C=O) groups excluding carboxylic acids is 1. The summed E-state index contributed by atoms with van der Waals surface area (Å²) in [5.74, 6) is -0.0796. The van der Waals surface area contributed by atoms with Crippen molar-refractivity contribution in [3.8, 4) is 5.69 Å². The normalized spacial score (nSPS) is 11.0. The molecule has 0 fully saturated rings. The zero-order valence-electron chi connectivity index (χ0n) is 15.3. The van der Waals surface area contributed by atoms with Crippen molar-refractivity contribution in [2.24, 2.45) is 0 Å². The van der Waals surface area contributed by atoms with Gasteiger partial charge in [-0.3, -0.25) is 9.59 Å². The summed E-state index contributed by atoms with van der Waals surface area (Å²) >= 11 is 7.21. The molecule has 4 aromatic rings. The van der Waals surface area contributed by atoms with E-state index in [1.807, 2.05) is 37.3 Å². The van der Waals surface area contributed by atoms with Crippen LogP contribution in [-0.2, 0) is 4.79 Å². The summed E-state index contributed by atoms with van der Waals surface area (Å²) in [6, 6.07) is 14.6. The smallest absolute Gasteiger partial charge is 0.262 e. The molecule has 2 aromatic heterocycles. The van der Waals surface area contributed by atoms with Crippen LogP contribution >= 0.6 is 23.4 Å². The highest BCUT2D eigenvalue weighted by Gasteiger charge is 2.13. The van der Waals surface area contributed by atoms with E-state index in [-0.39, 0.29) is 17.2 Å². The van der Waals surface area contributed by atoms with Crippen LogP contribution in [0.15, 0.2) is 64.7 Å². The number of halogens is 1. The first-order chi connectivity index (χ1) is 14.0. The van der Waals surface area contributed by atoms with Crippen LogP contribution in [0.4, 0.5) is 5.69 Å². The average molecular weight is 426 g/mol. The number of aryl methyl sites for hydroxylation is 1. The third kappa shape index (κ3) is 4.18. The van der Waals surface area contributed by atoms with Crippen LogP contribution in [0.1, 0.15) is 5.56 Å². The number of H-pyrrole nitrogens is 1. The van der Waals surface area contributed by atoms with Crippen LogP contribution in [0, 0.1) is 6.92 Å². The van der Waals surface area contributed by atoms with E-state index < -0.39 is 0 Å². The molecule has 0 unspecified atom stereocenters. The molecule has 0 aliphatic rings. The maximum absolute atomic E-state index is 12.4. The molecule has 0 aliphatic heterocycles. The first kappa shape index (κ1) is 19.2. The molecule has 0 aliphatic carbocycles. The van der Waals surface area contributed by atoms with Gasteiger partial charge in [0, 0.05) is 10.7 Å². The largest absolute Gasteiger partial charge is 0.325 e. The molecule has 4 rings (SSSR count). The summed E-state index contributed by atoms with van der Waals surface area (Å²) in [5, 5.41) is 8.37. The SMILES string of the molecule is Cc1ccccc1NC(=O)CSc1nc2c(cnn2-c2cccc(Cl)c2)c(=O)[nH]1. The maximum Gasteiger partial charge on any atom is 0.262 e. The average Bonchev–Trinajstić information content (AvgIpc) is 3.13. The molecule has 0 bridgehead atoms. The van der Waals surface area contributed by atoms with Gasteiger partial charge in [-0.2, -0.15) is 5.10 Å². The number of carbonyl (C=O) groups is 1. The van der Waals surface area contributed by atoms with E-state index in [1.165, 1.54) is 6.20 Å². The minimum Gasteiger partial charge on any atom is -0.325 e. The standard InChI is InChI=1S/C20H16ClN5O2S/c1-12-5-2-3-8-16(12)23-17(27)11-29-20-24-18-15(19(28)25-20)10-22-26(18)14-7-4-6-13(21)9-14/h2-10H,11H2,1H3,(H,23,27)(H,24,25,28). The Balaban J connectivity index is 1.57. The Bertz CT molecular complexity index is 1270. The van der Waals surface area contributed by atoms with Crippen molar-refractivity contribution in [3.05, 3.63) is 75.7 Å². The number of amides is 1. The number of fused-ring (bicyclic) bond motifs is 1. The predicted molar refractivity (Wildman–Crippen MR) is 115 cm³/mol. The molecule has 7 nitrogen and oxygen atoms in total. The van der Waals surface area contributed by atoms with E-state index in [0.717, 1.165) is 23.0 Å². The Morgan fingerprint density at radius 1 is 1.24 bits per heavy atom. The van der Waals surface area contributed by atoms with Crippen molar-refractivity contribution in [2.45, 2.75) is 12.1 Å². The molecule has 0 radical (unpaired) electrons. The molecule has 2 aromatic carbocycles. The Kier molecular flexibility index (Phi) is 5.37. The number of aromatic amines is 1. The quantitative estimate of drug-likeness (QED) is 0.374. The van der Waals surface area contributed by atoms with Crippen LogP contribution in [0.2, 0.25) is 5.02 Å². The maximum atomic E-state index is 12.4. The lowest BCUT2D eigenvalue weighted by atomic mass is 10.2. The second-order valence-corrected chi connectivity index (χ2v) is 7.70. The molecule has 146 valence electrons. The third-order valence-electron chi connectivity index (χ3n) is 4.23. The van der Waals surface area contributed by atoms with Gasteiger partial charge in [-0.25, -0.2) is 9.67 Å². The highest BCUT2D eigenvalue weighted by atomic mass is 35.5. The van der Waals surface area contributed by atoms with Crippen molar-refractivity contribution in [1.82, 2.24) is 19.7 Å². The first-order valence-corrected chi connectivity index (χ1v) is 10.1. The fourth-order valence-corrected chi connectivity index (χ4v) is 3.64. The molecule has 1 amide bonds. The monoisotopic (exact) mass is 425 g/mol. The molecule has 29 heavy (non-hydrogen) atoms. The molecular formula is C20H16ClN5O2S. The highest BCUT2D eigenvalue weighted by Crippen LogP contribution is 2.20. The van der Waals surface area contributed by atoms with Gasteiger partial charge in [0.15, 0.2) is 10.8 Å². The topological polar surface area (TPSA) is 92.7 Å². The Morgan fingerprint density at radius 2 is 2.07 bits per heavy atom. The van der Waals surface area contributed by atoms with E-state index >= 15 is 0 Å². The highest BCUT2D eigenvalue weighted by molar-refractivity contribution is 7.99. The summed E-state index contributed by atoms with van der Waals surface area (Å²) in [7, 11) is 0. The Labute approximate surface area is 175 Å². The lowest BCUT2D eigenvalue weighted by Gasteiger charge is -2.08. The van der Waals surface area contributed by atoms with Gasteiger partial charge in [-0.1, -0.05) is 47.6 Å². The zero-order valence-corrected chi connectivity index (χ0v) is 16.9. The molecule has 9 heteroatoms. The molecular weight excluding hydrogens is 410 g/mol. The number of thioether (sulfide) groups is 1. The van der Waals surface area contributed by atoms with Gasteiger partial charge in [0.2, 0.25) is 5.91 Å². The summed E-state index contributed by atoms with van der Waals surface area (Å²) in [6.07, 6.45) is 1.46. The number of para-hydroxylation sites is 1. The number of benzene rings is 2. The van der Waals surface area contributed by atoms with Gasteiger partial charge in [0.05, 0.1) is 17.6 Å². The first-order valence-electron chi connectivity index (χ1n) is 8.73. The van der Waals surface area contributed by atoms with Gasteiger partial charge in [-0.05, 0) is 36.8 Å². The van der Waals surface area contributed by atoms with Crippen molar-refractivity contribution >= 4 is 46.0 Å². The van der Waals surface area contributed by atoms with E-state index in [2.05, 4.69) is 20.4 Å². The summed E-state index contributed by atoms with van der Waals surface area (Å²) in [6.45, 7) is 1.92. The summed E-state index contributed by atoms with van der Waals surface area (Å²) in [4.78, 5) is 31.9. The number of hydrogen-bond donors (Lipinski definition) is 2. The number of anilines is 1. The van der Waals surface area contributed by atoms with Crippen molar-refractivity contribution < 1.29 is 4.79 Å². The van der Waals surface area contributed by atoms with E-state index in [0.29, 0.717) is 26.9 Å². The van der Waals surface area contributed by atoms with Crippen molar-refractivity contribution in [2.75, 3.05) is 11.1 Å². The van der Waals surface area contributed by atoms with E-state index in [4.69, 9.17) is 11.6 Å². The Hall–Kier alpha value is -3.10. The number of rotatable bonds is 5. The van der Waals surface area contributed by atoms with Gasteiger partial charge in [0.25, 0.3) is 5.56 Å². The molecule has 0 spiro atoms. The summed E-state index contributed by atoms with van der Waals surface area (Å²) < 4.78 is 1.55. The predicted octanol–water partition coefficient (Wildman–Crippen LogP) is 3.80. The lowest BCUT2D eigenvalue weighted by Crippen LogP contribution is -2.16. The van der Waals surface area contributed by atoms with Gasteiger partial charge < -0.3 is 10.3 Å². The van der Waals surface area contributed by atoms with Crippen LogP contribution in [0.3, 0.4) is 0 Å². The lowest BCUT2D eigenvalue weighted by molar-refractivity contribution is -0.113. The van der Waals surface area contributed by atoms with E-state index in [9.17, 15) is 9.59 Å². The van der Waals surface area contributed by atoms with Crippen LogP contribution in [0.5, 0.6) is 0 Å².